The second kappa shape index (κ2) is 11.9. The van der Waals surface area contributed by atoms with Crippen molar-refractivity contribution in [3.8, 4) is 0 Å². The molecular formula is C21H36O5. The van der Waals surface area contributed by atoms with Gasteiger partial charge in [-0.05, 0) is 43.9 Å². The largest absolute Gasteiger partial charge is 0.394 e. The van der Waals surface area contributed by atoms with E-state index in [9.17, 15) is 9.90 Å². The van der Waals surface area contributed by atoms with Crippen LogP contribution >= 0.6 is 0 Å². The van der Waals surface area contributed by atoms with Gasteiger partial charge in [-0.2, -0.15) is 0 Å². The van der Waals surface area contributed by atoms with Gasteiger partial charge in [0, 0.05) is 20.1 Å². The zero-order chi connectivity index (χ0) is 18.8. The Bertz CT molecular complexity index is 448. The molecule has 26 heavy (non-hydrogen) atoms. The van der Waals surface area contributed by atoms with Crippen LogP contribution in [0.4, 0.5) is 0 Å². The Kier molecular flexibility index (Phi) is 9.83. The summed E-state index contributed by atoms with van der Waals surface area (Å²) >= 11 is 0. The molecule has 1 saturated carbocycles. The molecule has 0 unspecified atom stereocenters. The van der Waals surface area contributed by atoms with Crippen LogP contribution in [0.5, 0.6) is 0 Å². The normalized spacial score (nSPS) is 27.6. The van der Waals surface area contributed by atoms with Gasteiger partial charge < -0.3 is 19.7 Å². The molecule has 0 heterocycles. The van der Waals surface area contributed by atoms with Crippen LogP contribution in [-0.4, -0.2) is 55.6 Å². The van der Waals surface area contributed by atoms with Crippen molar-refractivity contribution in [2.24, 2.45) is 17.8 Å². The molecule has 0 bridgehead atoms. The van der Waals surface area contributed by atoms with E-state index in [4.69, 9.17) is 14.6 Å². The molecule has 0 aromatic carbocycles. The summed E-state index contributed by atoms with van der Waals surface area (Å²) in [5, 5.41) is 19.1. The summed E-state index contributed by atoms with van der Waals surface area (Å²) in [6.45, 7) is 1.87. The van der Waals surface area contributed by atoms with Crippen molar-refractivity contribution >= 4 is 5.78 Å². The number of methoxy groups -OCH3 is 1. The van der Waals surface area contributed by atoms with Gasteiger partial charge in [-0.25, -0.2) is 0 Å². The maximum Gasteiger partial charge on any atom is 0.139 e. The van der Waals surface area contributed by atoms with Crippen LogP contribution in [0.3, 0.4) is 0 Å². The summed E-state index contributed by atoms with van der Waals surface area (Å²) in [6.07, 6.45) is 10.3. The number of carbonyl (C=O) groups excluding carboxylic acids is 1. The van der Waals surface area contributed by atoms with E-state index in [1.54, 1.807) is 7.11 Å². The fraction of sp³-hybridized carbons (Fsp3) is 0.857. The number of carbonyl (C=O) groups is 1. The Morgan fingerprint density at radius 3 is 2.69 bits per heavy atom. The molecule has 5 nitrogen and oxygen atoms in total. The van der Waals surface area contributed by atoms with Gasteiger partial charge in [0.25, 0.3) is 0 Å². The molecule has 150 valence electrons. The van der Waals surface area contributed by atoms with E-state index < -0.39 is 6.10 Å². The molecule has 2 N–H and O–H groups in total. The number of ketones is 1. The van der Waals surface area contributed by atoms with E-state index in [0.29, 0.717) is 25.6 Å². The topological polar surface area (TPSA) is 76.0 Å². The highest BCUT2D eigenvalue weighted by Crippen LogP contribution is 2.48. The number of aliphatic hydroxyl groups is 2. The van der Waals surface area contributed by atoms with Crippen LogP contribution in [0.15, 0.2) is 11.6 Å². The Hall–Kier alpha value is -0.750. The fourth-order valence-electron chi connectivity index (χ4n) is 4.53. The first-order chi connectivity index (χ1) is 12.7. The molecule has 5 heteroatoms. The van der Waals surface area contributed by atoms with E-state index in [0.717, 1.165) is 58.0 Å². The van der Waals surface area contributed by atoms with Crippen LogP contribution in [0, 0.1) is 17.8 Å². The fourth-order valence-corrected chi connectivity index (χ4v) is 4.53. The van der Waals surface area contributed by atoms with Gasteiger partial charge in [-0.1, -0.05) is 30.9 Å². The molecule has 1 fully saturated rings. The molecule has 0 spiro atoms. The van der Waals surface area contributed by atoms with Crippen LogP contribution in [-0.2, 0) is 14.3 Å². The number of aliphatic hydroxyl groups excluding tert-OH is 2. The van der Waals surface area contributed by atoms with Crippen molar-refractivity contribution in [1.29, 1.82) is 0 Å². The van der Waals surface area contributed by atoms with E-state index in [1.807, 2.05) is 0 Å². The molecule has 2 rings (SSSR count). The average molecular weight is 369 g/mol. The summed E-state index contributed by atoms with van der Waals surface area (Å²) in [6, 6.07) is 0. The maximum atomic E-state index is 12.7. The van der Waals surface area contributed by atoms with Gasteiger partial charge in [-0.3, -0.25) is 4.79 Å². The third-order valence-electron chi connectivity index (χ3n) is 5.82. The number of allylic oxidation sites excluding steroid dienone is 1. The van der Waals surface area contributed by atoms with E-state index in [1.165, 1.54) is 5.57 Å². The Balaban J connectivity index is 1.71. The molecule has 2 aliphatic carbocycles. The van der Waals surface area contributed by atoms with Crippen LogP contribution in [0.2, 0.25) is 0 Å². The molecule has 0 radical (unpaired) electrons. The smallest absolute Gasteiger partial charge is 0.139 e. The quantitative estimate of drug-likeness (QED) is 0.364. The molecule has 0 amide bonds. The van der Waals surface area contributed by atoms with Gasteiger partial charge in [0.1, 0.15) is 5.78 Å². The predicted octanol–water partition coefficient (Wildman–Crippen LogP) is 2.88. The predicted molar refractivity (Wildman–Crippen MR) is 101 cm³/mol. The number of Topliss-reactive ketones (excluding diaryl/α,β-unsaturated/α-hetero) is 1. The molecule has 0 aliphatic heterocycles. The van der Waals surface area contributed by atoms with Crippen molar-refractivity contribution < 1.29 is 24.5 Å². The van der Waals surface area contributed by atoms with Crippen molar-refractivity contribution in [2.45, 2.75) is 63.9 Å². The van der Waals surface area contributed by atoms with Crippen LogP contribution in [0.25, 0.3) is 0 Å². The minimum absolute atomic E-state index is 0.0550. The van der Waals surface area contributed by atoms with Crippen molar-refractivity contribution in [2.75, 3.05) is 33.5 Å². The minimum Gasteiger partial charge on any atom is -0.394 e. The lowest BCUT2D eigenvalue weighted by Gasteiger charge is -2.18. The molecular weight excluding hydrogens is 332 g/mol. The van der Waals surface area contributed by atoms with Crippen molar-refractivity contribution in [1.82, 2.24) is 0 Å². The lowest BCUT2D eigenvalue weighted by atomic mass is 9.86. The second-order valence-electron chi connectivity index (χ2n) is 7.76. The highest BCUT2D eigenvalue weighted by molar-refractivity contribution is 5.82. The molecule has 0 aromatic heterocycles. The van der Waals surface area contributed by atoms with Crippen molar-refractivity contribution in [3.63, 3.8) is 0 Å². The Morgan fingerprint density at radius 2 is 1.92 bits per heavy atom. The number of ether oxygens (including phenoxy) is 2. The van der Waals surface area contributed by atoms with Gasteiger partial charge in [0.15, 0.2) is 0 Å². The van der Waals surface area contributed by atoms with Crippen LogP contribution in [0.1, 0.15) is 57.8 Å². The lowest BCUT2D eigenvalue weighted by molar-refractivity contribution is -0.126. The summed E-state index contributed by atoms with van der Waals surface area (Å²) in [7, 11) is 1.73. The van der Waals surface area contributed by atoms with Gasteiger partial charge in [0.2, 0.25) is 0 Å². The summed E-state index contributed by atoms with van der Waals surface area (Å²) in [5.74, 6) is 0.674. The third kappa shape index (κ3) is 6.45. The van der Waals surface area contributed by atoms with E-state index in [-0.39, 0.29) is 24.2 Å². The van der Waals surface area contributed by atoms with Gasteiger partial charge in [0.05, 0.1) is 31.8 Å². The average Bonchev–Trinajstić information content (AvgIpc) is 3.13. The molecule has 4 atom stereocenters. The summed E-state index contributed by atoms with van der Waals surface area (Å²) in [5.41, 5.74) is 1.35. The highest BCUT2D eigenvalue weighted by atomic mass is 16.5. The summed E-state index contributed by atoms with van der Waals surface area (Å²) < 4.78 is 10.4. The number of unbranched alkanes of at least 4 members (excludes halogenated alkanes) is 4. The zero-order valence-corrected chi connectivity index (χ0v) is 16.2. The Labute approximate surface area is 157 Å². The monoisotopic (exact) mass is 368 g/mol. The highest BCUT2D eigenvalue weighted by Gasteiger charge is 2.47. The number of hydrogen-bond acceptors (Lipinski definition) is 5. The zero-order valence-electron chi connectivity index (χ0n) is 16.2. The first-order valence-corrected chi connectivity index (χ1v) is 10.2. The van der Waals surface area contributed by atoms with Gasteiger partial charge >= 0.3 is 0 Å². The number of hydrogen-bond donors (Lipinski definition) is 2. The molecule has 0 aromatic rings. The Morgan fingerprint density at radius 1 is 1.15 bits per heavy atom. The second-order valence-corrected chi connectivity index (χ2v) is 7.76. The maximum absolute atomic E-state index is 12.7. The van der Waals surface area contributed by atoms with Gasteiger partial charge in [-0.15, -0.1) is 0 Å². The number of rotatable bonds is 14. The van der Waals surface area contributed by atoms with Crippen LogP contribution < -0.4 is 0 Å². The number of fused-ring (bicyclic) bond motifs is 1. The first kappa shape index (κ1) is 21.5. The molecule has 0 saturated heterocycles. The minimum atomic E-state index is -0.470. The van der Waals surface area contributed by atoms with Crippen molar-refractivity contribution in [3.05, 3.63) is 11.6 Å². The first-order valence-electron chi connectivity index (χ1n) is 10.2. The SMILES string of the molecule is COCCCCCCCC(=O)[C@@H]1[C@@H]2C=C(CCOCCO)C[C@@H]2C[C@H]1O. The third-order valence-corrected chi connectivity index (χ3v) is 5.82. The van der Waals surface area contributed by atoms with E-state index >= 15 is 0 Å². The molecule has 2 aliphatic rings. The van der Waals surface area contributed by atoms with E-state index in [2.05, 4.69) is 6.08 Å². The standard InChI is InChI=1S/C21H36O5/c1-25-10-6-4-2-3-5-7-19(23)21-18-14-16(8-11-26-12-9-22)13-17(18)15-20(21)24/h14,17-18,20-22,24H,2-13,15H2,1H3/t17-,18-,20-,21+/m1/s1. The summed E-state index contributed by atoms with van der Waals surface area (Å²) in [4.78, 5) is 12.7. The lowest BCUT2D eigenvalue weighted by Crippen LogP contribution is -2.27.